The Morgan fingerprint density at radius 1 is 1.57 bits per heavy atom. The topological polar surface area (TPSA) is 52.5 Å². The first-order chi connectivity index (χ1) is 6.72. The maximum atomic E-state index is 8.53. The van der Waals surface area contributed by atoms with Gasteiger partial charge in [0.1, 0.15) is 5.82 Å². The van der Waals surface area contributed by atoms with E-state index in [9.17, 15) is 0 Å². The molecule has 0 bridgehead atoms. The molecule has 0 radical (unpaired) electrons. The van der Waals surface area contributed by atoms with Crippen LogP contribution in [0.4, 0.5) is 0 Å². The third kappa shape index (κ3) is 1.34. The van der Waals surface area contributed by atoms with Gasteiger partial charge in [0.2, 0.25) is 0 Å². The molecule has 4 heteroatoms. The van der Waals surface area contributed by atoms with Gasteiger partial charge in [-0.25, -0.2) is 4.98 Å². The summed E-state index contributed by atoms with van der Waals surface area (Å²) in [5, 5.41) is 9.23. The molecular formula is C10H8ClN3. The van der Waals surface area contributed by atoms with Crippen LogP contribution in [0, 0.1) is 18.3 Å². The summed E-state index contributed by atoms with van der Waals surface area (Å²) in [5.74, 6) is 0.688. The minimum absolute atomic E-state index is 0.297. The second-order valence-corrected chi connectivity index (χ2v) is 3.49. The number of nitrogens with one attached hydrogen (secondary N) is 1. The van der Waals surface area contributed by atoms with Crippen molar-refractivity contribution < 1.29 is 0 Å². The molecule has 3 nitrogen and oxygen atoms in total. The highest BCUT2D eigenvalue weighted by Crippen LogP contribution is 2.23. The van der Waals surface area contributed by atoms with Gasteiger partial charge in [-0.2, -0.15) is 5.26 Å². The number of imidazole rings is 1. The van der Waals surface area contributed by atoms with Crippen LogP contribution in [0.3, 0.4) is 0 Å². The smallest absolute Gasteiger partial charge is 0.121 e. The van der Waals surface area contributed by atoms with Gasteiger partial charge in [-0.05, 0) is 24.6 Å². The first-order valence-corrected chi connectivity index (χ1v) is 4.61. The third-order valence-electron chi connectivity index (χ3n) is 2.14. The largest absolute Gasteiger partial charge is 0.341 e. The van der Waals surface area contributed by atoms with Crippen molar-refractivity contribution in [3.05, 3.63) is 28.5 Å². The fraction of sp³-hybridized carbons (Fsp3) is 0.200. The van der Waals surface area contributed by atoms with E-state index in [1.54, 1.807) is 0 Å². The molecule has 0 spiro atoms. The fourth-order valence-electron chi connectivity index (χ4n) is 1.40. The van der Waals surface area contributed by atoms with Gasteiger partial charge in [0, 0.05) is 5.02 Å². The Bertz CT molecular complexity index is 522. The van der Waals surface area contributed by atoms with E-state index >= 15 is 0 Å². The number of fused-ring (bicyclic) bond motifs is 1. The molecule has 14 heavy (non-hydrogen) atoms. The number of nitrogens with zero attached hydrogens (tertiary/aromatic N) is 2. The van der Waals surface area contributed by atoms with E-state index in [2.05, 4.69) is 16.0 Å². The Labute approximate surface area is 86.3 Å². The van der Waals surface area contributed by atoms with E-state index in [-0.39, 0.29) is 0 Å². The first-order valence-electron chi connectivity index (χ1n) is 4.23. The van der Waals surface area contributed by atoms with Gasteiger partial charge in [0.05, 0.1) is 23.5 Å². The highest BCUT2D eigenvalue weighted by molar-refractivity contribution is 6.32. The van der Waals surface area contributed by atoms with Crippen molar-refractivity contribution in [2.75, 3.05) is 0 Å². The lowest BCUT2D eigenvalue weighted by Gasteiger charge is -1.96. The summed E-state index contributed by atoms with van der Waals surface area (Å²) < 4.78 is 0. The van der Waals surface area contributed by atoms with E-state index in [1.165, 1.54) is 0 Å². The van der Waals surface area contributed by atoms with Gasteiger partial charge < -0.3 is 4.98 Å². The Balaban J connectivity index is 2.66. The Kier molecular flexibility index (Phi) is 2.14. The highest BCUT2D eigenvalue weighted by Gasteiger charge is 2.06. The minimum Gasteiger partial charge on any atom is -0.341 e. The number of hydrogen-bond donors (Lipinski definition) is 1. The van der Waals surface area contributed by atoms with Crippen LogP contribution in [-0.2, 0) is 6.42 Å². The SMILES string of the molecule is Cc1c(Cl)ccc2[nH]c(CC#N)nc12. The Morgan fingerprint density at radius 2 is 2.36 bits per heavy atom. The molecule has 0 atom stereocenters. The van der Waals surface area contributed by atoms with Crippen molar-refractivity contribution in [1.82, 2.24) is 9.97 Å². The van der Waals surface area contributed by atoms with E-state index in [4.69, 9.17) is 16.9 Å². The van der Waals surface area contributed by atoms with Crippen molar-refractivity contribution in [3.8, 4) is 6.07 Å². The molecule has 1 N–H and O–H groups in total. The molecule has 0 saturated heterocycles. The van der Waals surface area contributed by atoms with Crippen LogP contribution < -0.4 is 0 Å². The second-order valence-electron chi connectivity index (χ2n) is 3.09. The molecule has 0 aliphatic rings. The first kappa shape index (κ1) is 9.04. The molecule has 0 fully saturated rings. The van der Waals surface area contributed by atoms with Crippen LogP contribution in [0.1, 0.15) is 11.4 Å². The van der Waals surface area contributed by atoms with E-state index in [0.29, 0.717) is 17.3 Å². The number of benzene rings is 1. The second kappa shape index (κ2) is 3.32. The average Bonchev–Trinajstić information content (AvgIpc) is 2.56. The van der Waals surface area contributed by atoms with E-state index in [0.717, 1.165) is 16.6 Å². The average molecular weight is 206 g/mol. The van der Waals surface area contributed by atoms with E-state index < -0.39 is 0 Å². The van der Waals surface area contributed by atoms with Crippen LogP contribution in [0.5, 0.6) is 0 Å². The molecule has 2 aromatic rings. The number of rotatable bonds is 1. The summed E-state index contributed by atoms with van der Waals surface area (Å²) in [6.45, 7) is 1.92. The normalized spacial score (nSPS) is 10.4. The lowest BCUT2D eigenvalue weighted by Crippen LogP contribution is -1.82. The molecule has 70 valence electrons. The maximum Gasteiger partial charge on any atom is 0.121 e. The number of hydrogen-bond acceptors (Lipinski definition) is 2. The molecule has 0 amide bonds. The Morgan fingerprint density at radius 3 is 3.07 bits per heavy atom. The maximum absolute atomic E-state index is 8.53. The van der Waals surface area contributed by atoms with Crippen molar-refractivity contribution in [2.45, 2.75) is 13.3 Å². The number of halogens is 1. The summed E-state index contributed by atoms with van der Waals surface area (Å²) in [6.07, 6.45) is 0.297. The summed E-state index contributed by atoms with van der Waals surface area (Å²) in [7, 11) is 0. The number of aromatic nitrogens is 2. The molecule has 2 rings (SSSR count). The lowest BCUT2D eigenvalue weighted by molar-refractivity contribution is 1.08. The summed E-state index contributed by atoms with van der Waals surface area (Å²) in [6, 6.07) is 5.75. The zero-order valence-corrected chi connectivity index (χ0v) is 8.39. The van der Waals surface area contributed by atoms with Gasteiger partial charge >= 0.3 is 0 Å². The van der Waals surface area contributed by atoms with Gasteiger partial charge in [-0.3, -0.25) is 0 Å². The summed E-state index contributed by atoms with van der Waals surface area (Å²) >= 11 is 5.96. The predicted octanol–water partition coefficient (Wildman–Crippen LogP) is 2.59. The number of nitriles is 1. The van der Waals surface area contributed by atoms with E-state index in [1.807, 2.05) is 19.1 Å². The fourth-order valence-corrected chi connectivity index (χ4v) is 1.55. The van der Waals surface area contributed by atoms with Crippen LogP contribution in [-0.4, -0.2) is 9.97 Å². The van der Waals surface area contributed by atoms with Crippen molar-refractivity contribution >= 4 is 22.6 Å². The lowest BCUT2D eigenvalue weighted by atomic mass is 10.2. The van der Waals surface area contributed by atoms with Gasteiger partial charge in [0.25, 0.3) is 0 Å². The minimum atomic E-state index is 0.297. The van der Waals surface area contributed by atoms with Crippen LogP contribution in [0.25, 0.3) is 11.0 Å². The van der Waals surface area contributed by atoms with Crippen LogP contribution in [0.15, 0.2) is 12.1 Å². The molecule has 1 heterocycles. The number of aromatic amines is 1. The van der Waals surface area contributed by atoms with Gasteiger partial charge in [-0.1, -0.05) is 11.6 Å². The number of aryl methyl sites for hydroxylation is 1. The number of H-pyrrole nitrogens is 1. The molecule has 0 aliphatic carbocycles. The monoisotopic (exact) mass is 205 g/mol. The summed E-state index contributed by atoms with van der Waals surface area (Å²) in [4.78, 5) is 7.37. The Hall–Kier alpha value is -1.53. The van der Waals surface area contributed by atoms with Crippen LogP contribution >= 0.6 is 11.6 Å². The summed E-state index contributed by atoms with van der Waals surface area (Å²) in [5.41, 5.74) is 2.73. The quantitative estimate of drug-likeness (QED) is 0.778. The zero-order valence-electron chi connectivity index (χ0n) is 7.63. The predicted molar refractivity (Wildman–Crippen MR) is 55.2 cm³/mol. The molecule has 1 aromatic carbocycles. The van der Waals surface area contributed by atoms with Crippen molar-refractivity contribution in [1.29, 1.82) is 5.26 Å². The molecule has 1 aromatic heterocycles. The van der Waals surface area contributed by atoms with Crippen molar-refractivity contribution in [3.63, 3.8) is 0 Å². The molecular weight excluding hydrogens is 198 g/mol. The van der Waals surface area contributed by atoms with Gasteiger partial charge in [-0.15, -0.1) is 0 Å². The zero-order chi connectivity index (χ0) is 10.1. The molecule has 0 unspecified atom stereocenters. The molecule has 0 aliphatic heterocycles. The molecule has 0 saturated carbocycles. The van der Waals surface area contributed by atoms with Gasteiger partial charge in [0.15, 0.2) is 0 Å². The standard InChI is InChI=1S/C10H8ClN3/c1-6-7(11)2-3-8-10(6)14-9(13-8)4-5-12/h2-3H,4H2,1H3,(H,13,14). The van der Waals surface area contributed by atoms with Crippen molar-refractivity contribution in [2.24, 2.45) is 0 Å². The van der Waals surface area contributed by atoms with Crippen LogP contribution in [0.2, 0.25) is 5.02 Å². The third-order valence-corrected chi connectivity index (χ3v) is 2.55. The highest BCUT2D eigenvalue weighted by atomic mass is 35.5.